The fraction of sp³-hybridized carbons (Fsp3) is 1.00. The van der Waals surface area contributed by atoms with Crippen molar-refractivity contribution in [2.75, 3.05) is 0 Å². The Kier molecular flexibility index (Phi) is 6.05. The second kappa shape index (κ2) is 7.56. The van der Waals surface area contributed by atoms with Crippen molar-refractivity contribution in [1.82, 2.24) is 0 Å². The van der Waals surface area contributed by atoms with E-state index in [1.54, 1.807) is 38.5 Å². The number of unbranched alkanes of at least 4 members (excludes halogenated alkanes) is 1. The smallest absolute Gasteiger partial charge is 0.0383 e. The third-order valence-corrected chi connectivity index (χ3v) is 5.92. The molecule has 106 valence electrons. The minimum Gasteiger partial charge on any atom is -0.0654 e. The van der Waals surface area contributed by atoms with Crippen LogP contribution in [0.4, 0.5) is 0 Å². The minimum atomic E-state index is 1.07. The molecule has 0 spiro atoms. The van der Waals surface area contributed by atoms with Crippen molar-refractivity contribution >= 4 is 0 Å². The van der Waals surface area contributed by atoms with Crippen molar-refractivity contribution in [3.8, 4) is 0 Å². The fourth-order valence-electron chi connectivity index (χ4n) is 4.57. The molecule has 2 fully saturated rings. The number of hydrogen-bond acceptors (Lipinski definition) is 0. The van der Waals surface area contributed by atoms with Crippen LogP contribution < -0.4 is 0 Å². The first-order chi connectivity index (χ1) is 8.83. The van der Waals surface area contributed by atoms with Gasteiger partial charge in [0.05, 0.1) is 0 Å². The van der Waals surface area contributed by atoms with Crippen LogP contribution in [0.25, 0.3) is 0 Å². The molecule has 0 heteroatoms. The Balaban J connectivity index is 1.72. The molecule has 2 aliphatic carbocycles. The van der Waals surface area contributed by atoms with E-state index in [0.717, 1.165) is 23.7 Å². The molecule has 0 aromatic carbocycles. The summed E-state index contributed by atoms with van der Waals surface area (Å²) in [5, 5.41) is 0. The van der Waals surface area contributed by atoms with Crippen molar-refractivity contribution < 1.29 is 0 Å². The van der Waals surface area contributed by atoms with Gasteiger partial charge in [-0.3, -0.25) is 0 Å². The second-order valence-electron chi connectivity index (χ2n) is 7.12. The maximum absolute atomic E-state index is 2.40. The molecule has 0 aromatic heterocycles. The molecule has 0 aromatic rings. The number of hydrogen-bond donors (Lipinski definition) is 0. The van der Waals surface area contributed by atoms with Gasteiger partial charge in [0, 0.05) is 0 Å². The van der Waals surface area contributed by atoms with Crippen LogP contribution in [0.3, 0.4) is 0 Å². The first-order valence-electron chi connectivity index (χ1n) is 8.83. The molecule has 0 aliphatic heterocycles. The lowest BCUT2D eigenvalue weighted by Crippen LogP contribution is -2.26. The zero-order chi connectivity index (χ0) is 12.8. The largest absolute Gasteiger partial charge is 0.0654 e. The first-order valence-corrected chi connectivity index (χ1v) is 8.83. The van der Waals surface area contributed by atoms with E-state index in [1.165, 1.54) is 38.5 Å². The molecule has 0 nitrogen and oxygen atoms in total. The maximum Gasteiger partial charge on any atom is -0.0383 e. The molecule has 2 atom stereocenters. The van der Waals surface area contributed by atoms with Crippen LogP contribution in [0.15, 0.2) is 0 Å². The van der Waals surface area contributed by atoms with E-state index >= 15 is 0 Å². The Morgan fingerprint density at radius 1 is 0.778 bits per heavy atom. The highest BCUT2D eigenvalue weighted by Crippen LogP contribution is 2.43. The molecule has 2 rings (SSSR count). The van der Waals surface area contributed by atoms with Gasteiger partial charge >= 0.3 is 0 Å². The average Bonchev–Trinajstić information content (AvgIpc) is 2.46. The summed E-state index contributed by atoms with van der Waals surface area (Å²) in [5.41, 5.74) is 0. The molecule has 0 unspecified atom stereocenters. The van der Waals surface area contributed by atoms with E-state index in [-0.39, 0.29) is 0 Å². The number of rotatable bonds is 5. The molecular weight excluding hydrogens is 216 g/mol. The Bertz CT molecular complexity index is 212. The predicted octanol–water partition coefficient (Wildman–Crippen LogP) is 6.20. The summed E-state index contributed by atoms with van der Waals surface area (Å²) in [7, 11) is 0. The van der Waals surface area contributed by atoms with Crippen LogP contribution in [0, 0.1) is 23.7 Å². The molecule has 0 bridgehead atoms. The lowest BCUT2D eigenvalue weighted by atomic mass is 9.68. The molecule has 18 heavy (non-hydrogen) atoms. The van der Waals surface area contributed by atoms with Crippen LogP contribution >= 0.6 is 0 Å². The van der Waals surface area contributed by atoms with Crippen molar-refractivity contribution in [1.29, 1.82) is 0 Å². The molecule has 0 saturated heterocycles. The van der Waals surface area contributed by atoms with Crippen LogP contribution in [0.2, 0.25) is 0 Å². The summed E-state index contributed by atoms with van der Waals surface area (Å²) in [6.07, 6.45) is 18.2. The molecule has 0 radical (unpaired) electrons. The quantitative estimate of drug-likeness (QED) is 0.545. The molecule has 0 heterocycles. The highest BCUT2D eigenvalue weighted by Gasteiger charge is 2.30. The predicted molar refractivity (Wildman–Crippen MR) is 80.7 cm³/mol. The van der Waals surface area contributed by atoms with Gasteiger partial charge in [0.1, 0.15) is 0 Å². The van der Waals surface area contributed by atoms with Crippen LogP contribution in [-0.2, 0) is 0 Å². The Hall–Kier alpha value is 0. The molecular formula is C18H34. The first kappa shape index (κ1) is 14.4. The second-order valence-corrected chi connectivity index (χ2v) is 7.12. The zero-order valence-electron chi connectivity index (χ0n) is 12.8. The molecule has 2 saturated carbocycles. The van der Waals surface area contributed by atoms with E-state index in [2.05, 4.69) is 13.8 Å². The normalized spacial score (nSPS) is 37.7. The van der Waals surface area contributed by atoms with Crippen LogP contribution in [-0.4, -0.2) is 0 Å². The summed E-state index contributed by atoms with van der Waals surface area (Å²) in [5.74, 6) is 4.38. The third kappa shape index (κ3) is 4.00. The summed E-state index contributed by atoms with van der Waals surface area (Å²) in [4.78, 5) is 0. The third-order valence-electron chi connectivity index (χ3n) is 5.92. The summed E-state index contributed by atoms with van der Waals surface area (Å²) >= 11 is 0. The van der Waals surface area contributed by atoms with Gasteiger partial charge in [-0.15, -0.1) is 0 Å². The molecule has 0 amide bonds. The zero-order valence-corrected chi connectivity index (χ0v) is 12.8. The van der Waals surface area contributed by atoms with E-state index in [9.17, 15) is 0 Å². The van der Waals surface area contributed by atoms with Gasteiger partial charge in [0.15, 0.2) is 0 Å². The van der Waals surface area contributed by atoms with Crippen LogP contribution in [0.5, 0.6) is 0 Å². The van der Waals surface area contributed by atoms with Gasteiger partial charge in [-0.2, -0.15) is 0 Å². The van der Waals surface area contributed by atoms with Crippen molar-refractivity contribution in [2.45, 2.75) is 90.9 Å². The topological polar surface area (TPSA) is 0 Å². The Morgan fingerprint density at radius 2 is 1.56 bits per heavy atom. The van der Waals surface area contributed by atoms with E-state index in [1.807, 2.05) is 0 Å². The van der Waals surface area contributed by atoms with Gasteiger partial charge in [-0.1, -0.05) is 71.6 Å². The van der Waals surface area contributed by atoms with Crippen molar-refractivity contribution in [3.05, 3.63) is 0 Å². The van der Waals surface area contributed by atoms with Crippen LogP contribution in [0.1, 0.15) is 90.9 Å². The standard InChI is InChI=1S/C18H34/c1-3-5-7-16-10-12-17(13-11-16)18-9-6-8-15(4-2)14-18/h15-18H,3-14H2,1-2H3/t15-,16?,17?,18-/m1/s1. The van der Waals surface area contributed by atoms with E-state index in [4.69, 9.17) is 0 Å². The lowest BCUT2D eigenvalue weighted by Gasteiger charge is -2.38. The molecule has 2 aliphatic rings. The summed E-state index contributed by atoms with van der Waals surface area (Å²) < 4.78 is 0. The van der Waals surface area contributed by atoms with Gasteiger partial charge < -0.3 is 0 Å². The maximum atomic E-state index is 2.40. The van der Waals surface area contributed by atoms with Gasteiger partial charge in [-0.25, -0.2) is 0 Å². The van der Waals surface area contributed by atoms with Crippen molar-refractivity contribution in [3.63, 3.8) is 0 Å². The Morgan fingerprint density at radius 3 is 2.22 bits per heavy atom. The van der Waals surface area contributed by atoms with E-state index in [0.29, 0.717) is 0 Å². The highest BCUT2D eigenvalue weighted by atomic mass is 14.4. The highest BCUT2D eigenvalue weighted by molar-refractivity contribution is 4.82. The monoisotopic (exact) mass is 250 g/mol. The summed E-state index contributed by atoms with van der Waals surface area (Å²) in [6.45, 7) is 4.73. The lowest BCUT2D eigenvalue weighted by molar-refractivity contribution is 0.135. The Labute approximate surface area is 115 Å². The van der Waals surface area contributed by atoms with Gasteiger partial charge in [0.2, 0.25) is 0 Å². The fourth-order valence-corrected chi connectivity index (χ4v) is 4.57. The average molecular weight is 250 g/mol. The summed E-state index contributed by atoms with van der Waals surface area (Å²) in [6, 6.07) is 0. The SMILES string of the molecule is CCCCC1CCC([C@@H]2CCC[C@@H](CC)C2)CC1. The van der Waals surface area contributed by atoms with Gasteiger partial charge in [-0.05, 0) is 42.9 Å². The minimum absolute atomic E-state index is 1.07. The molecule has 0 N–H and O–H groups in total. The van der Waals surface area contributed by atoms with E-state index < -0.39 is 0 Å². The van der Waals surface area contributed by atoms with Gasteiger partial charge in [0.25, 0.3) is 0 Å². The van der Waals surface area contributed by atoms with Crippen molar-refractivity contribution in [2.24, 2.45) is 23.7 Å².